The summed E-state index contributed by atoms with van der Waals surface area (Å²) in [5.74, 6) is 0.646. The van der Waals surface area contributed by atoms with Gasteiger partial charge in [-0.05, 0) is 19.2 Å². The lowest BCUT2D eigenvalue weighted by molar-refractivity contribution is -0.136. The highest BCUT2D eigenvalue weighted by Crippen LogP contribution is 2.35. The minimum absolute atomic E-state index is 0.0446. The minimum atomic E-state index is -4.45. The maximum Gasteiger partial charge on any atom is 0.418 e. The summed E-state index contributed by atoms with van der Waals surface area (Å²) < 4.78 is 39.1. The molecule has 1 N–H and O–H groups in total. The number of hydrogen-bond donors (Lipinski definition) is 1. The number of anilines is 3. The number of alkyl halides is 3. The lowest BCUT2D eigenvalue weighted by Crippen LogP contribution is -2.44. The smallest absolute Gasteiger partial charge is 0.353 e. The maximum atomic E-state index is 13.0. The fourth-order valence-electron chi connectivity index (χ4n) is 2.50. The largest absolute Gasteiger partial charge is 0.418 e. The van der Waals surface area contributed by atoms with Gasteiger partial charge in [0.15, 0.2) is 5.82 Å². The summed E-state index contributed by atoms with van der Waals surface area (Å²) in [6.07, 6.45) is -2.93. The monoisotopic (exact) mass is 338 g/mol. The molecule has 24 heavy (non-hydrogen) atoms. The SMILES string of the molecule is CN1CCN(c2cnnc(Nc3ccccc3C(F)(F)F)n2)CC1. The van der Waals surface area contributed by atoms with Gasteiger partial charge in [-0.1, -0.05) is 12.1 Å². The number of halogens is 3. The van der Waals surface area contributed by atoms with Crippen LogP contribution in [-0.2, 0) is 6.18 Å². The van der Waals surface area contributed by atoms with Crippen molar-refractivity contribution in [2.45, 2.75) is 6.18 Å². The second-order valence-corrected chi connectivity index (χ2v) is 5.60. The van der Waals surface area contributed by atoms with Crippen molar-refractivity contribution in [3.8, 4) is 0 Å². The Morgan fingerprint density at radius 2 is 1.79 bits per heavy atom. The normalized spacial score (nSPS) is 16.2. The molecular formula is C15H17F3N6. The molecule has 0 bridgehead atoms. The topological polar surface area (TPSA) is 57.2 Å². The molecule has 1 aromatic heterocycles. The lowest BCUT2D eigenvalue weighted by atomic mass is 10.1. The van der Waals surface area contributed by atoms with E-state index in [0.29, 0.717) is 5.82 Å². The molecule has 3 rings (SSSR count). The highest BCUT2D eigenvalue weighted by Gasteiger charge is 2.33. The number of likely N-dealkylation sites (N-methyl/N-ethyl adjacent to an activating group) is 1. The molecule has 0 unspecified atom stereocenters. The van der Waals surface area contributed by atoms with Crippen LogP contribution in [0, 0.1) is 0 Å². The molecule has 0 saturated carbocycles. The van der Waals surface area contributed by atoms with E-state index in [1.165, 1.54) is 24.4 Å². The summed E-state index contributed by atoms with van der Waals surface area (Å²) in [6, 6.07) is 5.22. The third kappa shape index (κ3) is 3.73. The molecule has 6 nitrogen and oxygen atoms in total. The molecule has 2 heterocycles. The van der Waals surface area contributed by atoms with Gasteiger partial charge in [0.05, 0.1) is 17.4 Å². The van der Waals surface area contributed by atoms with Crippen LogP contribution in [0.15, 0.2) is 30.5 Å². The highest BCUT2D eigenvalue weighted by molar-refractivity contribution is 5.60. The first-order chi connectivity index (χ1) is 11.4. The fourth-order valence-corrected chi connectivity index (χ4v) is 2.50. The van der Waals surface area contributed by atoms with Crippen LogP contribution >= 0.6 is 0 Å². The molecule has 1 fully saturated rings. The Balaban J connectivity index is 1.81. The van der Waals surface area contributed by atoms with E-state index in [9.17, 15) is 13.2 Å². The fraction of sp³-hybridized carbons (Fsp3) is 0.400. The first-order valence-corrected chi connectivity index (χ1v) is 7.50. The van der Waals surface area contributed by atoms with Gasteiger partial charge in [0.25, 0.3) is 0 Å². The van der Waals surface area contributed by atoms with Gasteiger partial charge in [-0.3, -0.25) is 0 Å². The third-order valence-corrected chi connectivity index (χ3v) is 3.85. The lowest BCUT2D eigenvalue weighted by Gasteiger charge is -2.32. The maximum absolute atomic E-state index is 13.0. The zero-order valence-corrected chi connectivity index (χ0v) is 13.1. The van der Waals surface area contributed by atoms with E-state index in [1.54, 1.807) is 0 Å². The van der Waals surface area contributed by atoms with Crippen LogP contribution in [0.4, 0.5) is 30.6 Å². The number of aromatic nitrogens is 3. The molecule has 128 valence electrons. The first-order valence-electron chi connectivity index (χ1n) is 7.50. The number of nitrogens with zero attached hydrogens (tertiary/aromatic N) is 5. The molecule has 1 saturated heterocycles. The number of benzene rings is 1. The molecule has 0 aliphatic carbocycles. The van der Waals surface area contributed by atoms with Crippen molar-refractivity contribution in [1.82, 2.24) is 20.1 Å². The van der Waals surface area contributed by atoms with Gasteiger partial charge in [0.1, 0.15) is 0 Å². The van der Waals surface area contributed by atoms with Crippen LogP contribution in [-0.4, -0.2) is 53.3 Å². The Morgan fingerprint density at radius 1 is 1.08 bits per heavy atom. The predicted octanol–water partition coefficient (Wildman–Crippen LogP) is 2.39. The Bertz CT molecular complexity index is 698. The number of rotatable bonds is 3. The van der Waals surface area contributed by atoms with Crippen molar-refractivity contribution in [3.63, 3.8) is 0 Å². The second-order valence-electron chi connectivity index (χ2n) is 5.60. The van der Waals surface area contributed by atoms with Crippen LogP contribution in [0.3, 0.4) is 0 Å². The van der Waals surface area contributed by atoms with E-state index in [0.717, 1.165) is 32.2 Å². The Hall–Kier alpha value is -2.42. The van der Waals surface area contributed by atoms with Crippen LogP contribution < -0.4 is 10.2 Å². The first kappa shape index (κ1) is 16.4. The standard InChI is InChI=1S/C15H17F3N6/c1-23-6-8-24(9-7-23)13-10-19-22-14(21-13)20-12-5-3-2-4-11(12)15(16,17)18/h2-5,10H,6-9H2,1H3,(H,20,21,22). The number of hydrogen-bond acceptors (Lipinski definition) is 6. The van der Waals surface area contributed by atoms with Crippen LogP contribution in [0.1, 0.15) is 5.56 Å². The summed E-state index contributed by atoms with van der Waals surface area (Å²) >= 11 is 0. The van der Waals surface area contributed by atoms with Gasteiger partial charge in [0.2, 0.25) is 5.95 Å². The van der Waals surface area contributed by atoms with Gasteiger partial charge in [-0.15, -0.1) is 5.10 Å². The summed E-state index contributed by atoms with van der Waals surface area (Å²) in [6.45, 7) is 3.36. The van der Waals surface area contributed by atoms with Crippen LogP contribution in [0.25, 0.3) is 0 Å². The summed E-state index contributed by atoms with van der Waals surface area (Å²) in [7, 11) is 2.04. The van der Waals surface area contributed by atoms with Gasteiger partial charge in [0, 0.05) is 26.2 Å². The summed E-state index contributed by atoms with van der Waals surface area (Å²) in [5.41, 5.74) is -0.860. The van der Waals surface area contributed by atoms with Gasteiger partial charge >= 0.3 is 6.18 Å². The van der Waals surface area contributed by atoms with Gasteiger partial charge in [-0.2, -0.15) is 23.3 Å². The minimum Gasteiger partial charge on any atom is -0.353 e. The average Bonchev–Trinajstić information content (AvgIpc) is 2.55. The van der Waals surface area contributed by atoms with Crippen molar-refractivity contribution in [1.29, 1.82) is 0 Å². The summed E-state index contributed by atoms with van der Waals surface area (Å²) in [4.78, 5) is 8.53. The quantitative estimate of drug-likeness (QED) is 0.927. The molecule has 0 radical (unpaired) electrons. The van der Waals surface area contributed by atoms with E-state index >= 15 is 0 Å². The number of para-hydroxylation sites is 1. The highest BCUT2D eigenvalue weighted by atomic mass is 19.4. The molecule has 1 aliphatic heterocycles. The van der Waals surface area contributed by atoms with E-state index in [2.05, 4.69) is 25.4 Å². The molecule has 0 spiro atoms. The van der Waals surface area contributed by atoms with Crippen LogP contribution in [0.5, 0.6) is 0 Å². The Morgan fingerprint density at radius 3 is 2.50 bits per heavy atom. The molecule has 0 amide bonds. The van der Waals surface area contributed by atoms with E-state index in [-0.39, 0.29) is 11.6 Å². The molecule has 9 heteroatoms. The number of piperazine rings is 1. The molecule has 1 aromatic carbocycles. The Labute approximate surface area is 137 Å². The van der Waals surface area contributed by atoms with Gasteiger partial charge in [-0.25, -0.2) is 0 Å². The third-order valence-electron chi connectivity index (χ3n) is 3.85. The van der Waals surface area contributed by atoms with Crippen molar-refractivity contribution < 1.29 is 13.2 Å². The van der Waals surface area contributed by atoms with E-state index < -0.39 is 11.7 Å². The van der Waals surface area contributed by atoms with Crippen molar-refractivity contribution in [2.24, 2.45) is 0 Å². The predicted molar refractivity (Wildman–Crippen MR) is 84.3 cm³/mol. The van der Waals surface area contributed by atoms with Crippen molar-refractivity contribution >= 4 is 17.5 Å². The molecule has 1 aliphatic rings. The van der Waals surface area contributed by atoms with Gasteiger partial charge < -0.3 is 15.1 Å². The zero-order valence-electron chi connectivity index (χ0n) is 13.1. The van der Waals surface area contributed by atoms with Crippen molar-refractivity contribution in [3.05, 3.63) is 36.0 Å². The second kappa shape index (κ2) is 6.60. The van der Waals surface area contributed by atoms with Crippen molar-refractivity contribution in [2.75, 3.05) is 43.4 Å². The number of nitrogens with one attached hydrogen (secondary N) is 1. The molecule has 2 aromatic rings. The van der Waals surface area contributed by atoms with E-state index in [1.807, 2.05) is 11.9 Å². The average molecular weight is 338 g/mol. The molecule has 0 atom stereocenters. The Kier molecular flexibility index (Phi) is 4.52. The summed E-state index contributed by atoms with van der Waals surface area (Å²) in [5, 5.41) is 10.3. The molecular weight excluding hydrogens is 321 g/mol. The van der Waals surface area contributed by atoms with Crippen LogP contribution in [0.2, 0.25) is 0 Å². The zero-order chi connectivity index (χ0) is 17.2. The van der Waals surface area contributed by atoms with E-state index in [4.69, 9.17) is 0 Å².